The fourth-order valence-corrected chi connectivity index (χ4v) is 4.55. The molecule has 280 valence electrons. The molecule has 19 heteroatoms. The van der Waals surface area contributed by atoms with Gasteiger partial charge >= 0.3 is 24.2 Å². The summed E-state index contributed by atoms with van der Waals surface area (Å²) in [6.07, 6.45) is -9.73. The Labute approximate surface area is 293 Å². The van der Waals surface area contributed by atoms with E-state index in [-0.39, 0.29) is 35.5 Å². The molecular formula is C31H45ClFN5O12. The van der Waals surface area contributed by atoms with Crippen LogP contribution >= 0.6 is 11.6 Å². The molecule has 1 amide bonds. The number of anilines is 1. The number of halogens is 2. The highest BCUT2D eigenvalue weighted by atomic mass is 35.5. The number of carbonyl (C=O) groups is 4. The van der Waals surface area contributed by atoms with Crippen molar-refractivity contribution in [3.8, 4) is 0 Å². The Balaban J connectivity index is 2.06. The number of carbonyl (C=O) groups excluding carboxylic acids is 4. The highest BCUT2D eigenvalue weighted by Gasteiger charge is 2.51. The van der Waals surface area contributed by atoms with E-state index < -0.39 is 78.3 Å². The van der Waals surface area contributed by atoms with Crippen molar-refractivity contribution in [1.29, 1.82) is 0 Å². The number of hydrogen-bond acceptors (Lipinski definition) is 15. The molecule has 0 bridgehead atoms. The molecule has 2 aromatic heterocycles. The van der Waals surface area contributed by atoms with E-state index in [2.05, 4.69) is 15.0 Å². The number of imidazole rings is 1. The summed E-state index contributed by atoms with van der Waals surface area (Å²) in [7, 11) is 0. The lowest BCUT2D eigenvalue weighted by atomic mass is 10.1. The molecule has 50 heavy (non-hydrogen) atoms. The molecular weight excluding hydrogens is 689 g/mol. The number of aromatic nitrogens is 4. The third-order valence-corrected chi connectivity index (χ3v) is 6.25. The molecule has 1 aliphatic heterocycles. The van der Waals surface area contributed by atoms with Crippen LogP contribution in [0.2, 0.25) is 5.28 Å². The number of fused-ring (bicyclic) bond motifs is 1. The van der Waals surface area contributed by atoms with Gasteiger partial charge in [0.1, 0.15) is 17.3 Å². The summed E-state index contributed by atoms with van der Waals surface area (Å²) in [5.74, 6) is -2.31. The normalized spacial score (nSPS) is 19.7. The monoisotopic (exact) mass is 733 g/mol. The van der Waals surface area contributed by atoms with Crippen LogP contribution in [0.5, 0.6) is 0 Å². The van der Waals surface area contributed by atoms with E-state index in [9.17, 15) is 19.2 Å². The number of alkyl halides is 1. The first-order chi connectivity index (χ1) is 23.0. The minimum absolute atomic E-state index is 0.0608. The number of ether oxygens (including phenoxy) is 7. The molecule has 17 nitrogen and oxygen atoms in total. The van der Waals surface area contributed by atoms with E-state index in [1.165, 1.54) is 13.8 Å². The van der Waals surface area contributed by atoms with Gasteiger partial charge in [-0.25, -0.2) is 28.6 Å². The van der Waals surface area contributed by atoms with E-state index in [1.807, 2.05) is 0 Å². The van der Waals surface area contributed by atoms with Gasteiger partial charge in [-0.05, 0) is 87.8 Å². The minimum atomic E-state index is -2.14. The lowest BCUT2D eigenvalue weighted by molar-refractivity contribution is -0.177. The van der Waals surface area contributed by atoms with Crippen molar-refractivity contribution < 1.29 is 61.6 Å². The Morgan fingerprint density at radius 1 is 0.940 bits per heavy atom. The van der Waals surface area contributed by atoms with E-state index in [1.54, 1.807) is 62.3 Å². The Morgan fingerprint density at radius 2 is 1.52 bits per heavy atom. The zero-order chi connectivity index (χ0) is 37.8. The molecule has 0 aliphatic carbocycles. The highest BCUT2D eigenvalue weighted by Crippen LogP contribution is 2.38. The molecule has 0 unspecified atom stereocenters. The van der Waals surface area contributed by atoms with Gasteiger partial charge in [0.05, 0.1) is 31.7 Å². The van der Waals surface area contributed by atoms with Crippen LogP contribution in [0, 0.1) is 0 Å². The summed E-state index contributed by atoms with van der Waals surface area (Å²) >= 11 is 6.31. The van der Waals surface area contributed by atoms with Gasteiger partial charge in [0.15, 0.2) is 35.5 Å². The summed E-state index contributed by atoms with van der Waals surface area (Å²) < 4.78 is 55.0. The zero-order valence-electron chi connectivity index (χ0n) is 30.0. The van der Waals surface area contributed by atoms with Crippen molar-refractivity contribution in [1.82, 2.24) is 19.5 Å². The van der Waals surface area contributed by atoms with Gasteiger partial charge in [-0.15, -0.1) is 5.06 Å². The molecule has 3 heterocycles. The van der Waals surface area contributed by atoms with Crippen LogP contribution in [0.4, 0.5) is 19.8 Å². The number of esters is 2. The van der Waals surface area contributed by atoms with Gasteiger partial charge in [0.2, 0.25) is 5.28 Å². The maximum Gasteiger partial charge on any atom is 0.509 e. The van der Waals surface area contributed by atoms with Gasteiger partial charge in [0.25, 0.3) is 6.10 Å². The maximum absolute atomic E-state index is 16.4. The van der Waals surface area contributed by atoms with Gasteiger partial charge < -0.3 is 33.2 Å². The Bertz CT molecular complexity index is 1520. The number of rotatable bonds is 11. The van der Waals surface area contributed by atoms with Gasteiger partial charge in [0, 0.05) is 0 Å². The van der Waals surface area contributed by atoms with Crippen LogP contribution in [0.15, 0.2) is 6.33 Å². The van der Waals surface area contributed by atoms with E-state index >= 15 is 4.39 Å². The average Bonchev–Trinajstić information content (AvgIpc) is 3.49. The van der Waals surface area contributed by atoms with Crippen molar-refractivity contribution in [2.45, 2.75) is 124 Å². The second-order valence-corrected chi connectivity index (χ2v) is 14.2. The Kier molecular flexibility index (Phi) is 13.0. The van der Waals surface area contributed by atoms with Gasteiger partial charge in [-0.2, -0.15) is 9.97 Å². The van der Waals surface area contributed by atoms with E-state index in [0.717, 1.165) is 16.0 Å². The predicted octanol–water partition coefficient (Wildman–Crippen LogP) is 5.02. The largest absolute Gasteiger partial charge is 0.509 e. The molecule has 0 saturated carbocycles. The van der Waals surface area contributed by atoms with Crippen molar-refractivity contribution in [3.05, 3.63) is 11.6 Å². The molecule has 0 radical (unpaired) electrons. The molecule has 1 fully saturated rings. The zero-order valence-corrected chi connectivity index (χ0v) is 30.7. The number of amides is 1. The number of hydroxylamine groups is 1. The molecule has 2 aromatic rings. The fourth-order valence-electron chi connectivity index (χ4n) is 4.39. The molecule has 0 spiro atoms. The number of hydrogen-bond donors (Lipinski definition) is 0. The van der Waals surface area contributed by atoms with Crippen LogP contribution in [0.3, 0.4) is 0 Å². The predicted molar refractivity (Wildman–Crippen MR) is 173 cm³/mol. The lowest BCUT2D eigenvalue weighted by Gasteiger charge is -2.30. The van der Waals surface area contributed by atoms with E-state index in [4.69, 9.17) is 49.6 Å². The molecule has 0 N–H and O–H groups in total. The van der Waals surface area contributed by atoms with Crippen LogP contribution in [0.1, 0.15) is 82.4 Å². The molecule has 1 saturated heterocycles. The summed E-state index contributed by atoms with van der Waals surface area (Å²) in [5.41, 5.74) is -3.02. The van der Waals surface area contributed by atoms with Crippen molar-refractivity contribution in [3.63, 3.8) is 0 Å². The third-order valence-electron chi connectivity index (χ3n) is 6.08. The summed E-state index contributed by atoms with van der Waals surface area (Å²) in [5, 5.41) is 0.401. The summed E-state index contributed by atoms with van der Waals surface area (Å²) in [4.78, 5) is 69.6. The molecule has 4 atom stereocenters. The Hall–Kier alpha value is -3.87. The highest BCUT2D eigenvalue weighted by molar-refractivity contribution is 6.28. The number of nitrogens with zero attached hydrogens (tertiary/aromatic N) is 5. The summed E-state index contributed by atoms with van der Waals surface area (Å²) in [6, 6.07) is 0. The first-order valence-electron chi connectivity index (χ1n) is 15.8. The van der Waals surface area contributed by atoms with Crippen LogP contribution < -0.4 is 5.06 Å². The van der Waals surface area contributed by atoms with E-state index in [0.29, 0.717) is 0 Å². The summed E-state index contributed by atoms with van der Waals surface area (Å²) in [6.45, 7) is 17.1. The minimum Gasteiger partial charge on any atom is -0.464 e. The first-order valence-corrected chi connectivity index (χ1v) is 16.2. The quantitative estimate of drug-likeness (QED) is 0.0983. The lowest BCUT2D eigenvalue weighted by Crippen LogP contribution is -2.42. The van der Waals surface area contributed by atoms with Gasteiger partial charge in [-0.1, -0.05) is 0 Å². The average molecular weight is 734 g/mol. The second kappa shape index (κ2) is 16.0. The SMILES string of the molecule is CCOC(=O)C(OC[C@H]1O[C@@H](n2cnc3c(N(OC(C)(C)C)C(=O)OC(C)(C)C)nc(Cl)nc32)[C@@H](F)[C@@H]1OC(=O)OC(C)(C)C)C(=O)OCC. The van der Waals surface area contributed by atoms with Crippen molar-refractivity contribution in [2.24, 2.45) is 0 Å². The van der Waals surface area contributed by atoms with Crippen LogP contribution in [0.25, 0.3) is 11.2 Å². The first kappa shape index (κ1) is 40.6. The van der Waals surface area contributed by atoms with Crippen LogP contribution in [-0.4, -0.2) is 105 Å². The topological polar surface area (TPSA) is 189 Å². The second-order valence-electron chi connectivity index (χ2n) is 13.9. The van der Waals surface area contributed by atoms with Gasteiger partial charge in [-0.3, -0.25) is 9.40 Å². The van der Waals surface area contributed by atoms with Crippen LogP contribution in [-0.2, 0) is 47.6 Å². The van der Waals surface area contributed by atoms with Crippen molar-refractivity contribution in [2.75, 3.05) is 24.9 Å². The molecule has 0 aromatic carbocycles. The fraction of sp³-hybridized carbons (Fsp3) is 0.710. The Morgan fingerprint density at radius 3 is 2.04 bits per heavy atom. The maximum atomic E-state index is 16.4. The molecule has 3 rings (SSSR count). The van der Waals surface area contributed by atoms with Crippen molar-refractivity contribution >= 4 is 52.8 Å². The third kappa shape index (κ3) is 10.8. The smallest absolute Gasteiger partial charge is 0.464 e. The standard InChI is InChI=1S/C31H45ClFN5O12/c1-12-43-24(39)20(25(40)44-13-2)45-14-16-19(47-28(42)49-30(6,7)8)17(33)23(46-16)37-15-34-18-21(37)35-26(32)36-22(18)38(50-31(9,10)11)27(41)48-29(3,4)5/h15-17,19-20,23H,12-14H2,1-11H3/t16-,17+,19-,23-/m1/s1. The molecule has 1 aliphatic rings.